The molecule has 0 saturated heterocycles. The van der Waals surface area contributed by atoms with Crippen LogP contribution in [0.25, 0.3) is 0 Å². The van der Waals surface area contributed by atoms with Crippen molar-refractivity contribution < 1.29 is 18.9 Å². The Morgan fingerprint density at radius 2 is 1.52 bits per heavy atom. The molecule has 0 aliphatic carbocycles. The highest BCUT2D eigenvalue weighted by atomic mass is 79.9. The molecule has 0 aliphatic heterocycles. The van der Waals surface area contributed by atoms with Gasteiger partial charge in [0.2, 0.25) is 0 Å². The third kappa shape index (κ3) is 6.39. The first-order valence-corrected chi connectivity index (χ1v) is 10.9. The third-order valence-corrected chi connectivity index (χ3v) is 5.35. The number of rotatable bonds is 11. The summed E-state index contributed by atoms with van der Waals surface area (Å²) in [5.41, 5.74) is 3.33. The number of hydrogen-bond acceptors (Lipinski definition) is 5. The van der Waals surface area contributed by atoms with Crippen molar-refractivity contribution in [2.45, 2.75) is 19.6 Å². The number of halogens is 1. The molecule has 3 rings (SSSR count). The maximum Gasteiger partial charge on any atom is 0.166 e. The number of hydrogen-bond donors (Lipinski definition) is 1. The zero-order valence-electron chi connectivity index (χ0n) is 18.1. The molecule has 1 N–H and O–H groups in total. The number of nitrogens with one attached hydrogen (secondary N) is 1. The molecule has 3 aromatic carbocycles. The Hall–Kier alpha value is -2.70. The number of benzene rings is 3. The van der Waals surface area contributed by atoms with Gasteiger partial charge in [-0.05, 0) is 48.4 Å². The van der Waals surface area contributed by atoms with E-state index in [1.54, 1.807) is 21.3 Å². The molecular formula is C25H28BrNO4. The van der Waals surface area contributed by atoms with Crippen LogP contribution >= 0.6 is 15.9 Å². The van der Waals surface area contributed by atoms with Crippen LogP contribution in [-0.2, 0) is 19.6 Å². The van der Waals surface area contributed by atoms with Gasteiger partial charge < -0.3 is 24.3 Å². The van der Waals surface area contributed by atoms with Crippen molar-refractivity contribution in [2.24, 2.45) is 0 Å². The summed E-state index contributed by atoms with van der Waals surface area (Å²) in [6.45, 7) is 1.95. The van der Waals surface area contributed by atoms with Crippen molar-refractivity contribution in [1.82, 2.24) is 5.32 Å². The molecule has 3 aromatic rings. The van der Waals surface area contributed by atoms with Gasteiger partial charge in [-0.2, -0.15) is 0 Å². The zero-order valence-corrected chi connectivity index (χ0v) is 19.7. The van der Waals surface area contributed by atoms with Gasteiger partial charge >= 0.3 is 0 Å². The first kappa shape index (κ1) is 23.0. The van der Waals surface area contributed by atoms with Gasteiger partial charge in [0.25, 0.3) is 0 Å². The van der Waals surface area contributed by atoms with E-state index in [1.165, 1.54) is 5.56 Å². The largest absolute Gasteiger partial charge is 0.493 e. The number of ether oxygens (including phenoxy) is 4. The van der Waals surface area contributed by atoms with Crippen LogP contribution < -0.4 is 24.3 Å². The Balaban J connectivity index is 1.64. The van der Waals surface area contributed by atoms with Crippen LogP contribution in [0.2, 0.25) is 0 Å². The summed E-state index contributed by atoms with van der Waals surface area (Å²) in [7, 11) is 4.95. The summed E-state index contributed by atoms with van der Waals surface area (Å²) < 4.78 is 23.4. The van der Waals surface area contributed by atoms with Gasteiger partial charge in [-0.3, -0.25) is 0 Å². The zero-order chi connectivity index (χ0) is 22.1. The Kier molecular flexibility index (Phi) is 8.62. The Bertz CT molecular complexity index is 979. The van der Waals surface area contributed by atoms with Crippen LogP contribution in [0.5, 0.6) is 23.0 Å². The lowest BCUT2D eigenvalue weighted by Crippen LogP contribution is -2.17. The fourth-order valence-corrected chi connectivity index (χ4v) is 3.78. The molecule has 0 atom stereocenters. The van der Waals surface area contributed by atoms with E-state index >= 15 is 0 Å². The smallest absolute Gasteiger partial charge is 0.166 e. The van der Waals surface area contributed by atoms with Crippen LogP contribution in [0.3, 0.4) is 0 Å². The molecule has 0 unspecified atom stereocenters. The van der Waals surface area contributed by atoms with Gasteiger partial charge in [0.05, 0.1) is 21.3 Å². The highest BCUT2D eigenvalue weighted by molar-refractivity contribution is 9.10. The van der Waals surface area contributed by atoms with E-state index in [9.17, 15) is 0 Å². The molecule has 6 heteroatoms. The standard InChI is InChI=1S/C25H28BrNO4/c1-28-22-10-9-18(13-23(22)29-2)11-12-27-16-20-14-21(26)15-24(30-3)25(20)31-17-19-7-5-4-6-8-19/h4-10,13-15,27H,11-12,16-17H2,1-3H3. The van der Waals surface area contributed by atoms with Crippen LogP contribution in [0.4, 0.5) is 0 Å². The van der Waals surface area contributed by atoms with Gasteiger partial charge in [0, 0.05) is 16.6 Å². The number of methoxy groups -OCH3 is 3. The van der Waals surface area contributed by atoms with E-state index in [2.05, 4.69) is 33.4 Å². The summed E-state index contributed by atoms with van der Waals surface area (Å²) in [5.74, 6) is 2.95. The molecule has 0 fully saturated rings. The Morgan fingerprint density at radius 3 is 2.23 bits per heavy atom. The maximum absolute atomic E-state index is 6.16. The molecule has 0 heterocycles. The summed E-state index contributed by atoms with van der Waals surface area (Å²) in [6.07, 6.45) is 0.867. The minimum Gasteiger partial charge on any atom is -0.493 e. The maximum atomic E-state index is 6.16. The average molecular weight is 486 g/mol. The summed E-state index contributed by atoms with van der Waals surface area (Å²) in [5, 5.41) is 3.50. The molecule has 0 aromatic heterocycles. The average Bonchev–Trinajstić information content (AvgIpc) is 2.81. The van der Waals surface area contributed by atoms with Crippen LogP contribution in [0.1, 0.15) is 16.7 Å². The van der Waals surface area contributed by atoms with Gasteiger partial charge in [-0.1, -0.05) is 52.3 Å². The van der Waals surface area contributed by atoms with Crippen molar-refractivity contribution in [3.8, 4) is 23.0 Å². The second-order valence-electron chi connectivity index (χ2n) is 6.99. The van der Waals surface area contributed by atoms with Crippen molar-refractivity contribution in [3.05, 3.63) is 81.8 Å². The predicted octanol–water partition coefficient (Wildman–Crippen LogP) is 5.39. The fourth-order valence-electron chi connectivity index (χ4n) is 3.29. The van der Waals surface area contributed by atoms with Gasteiger partial charge in [0.1, 0.15) is 6.61 Å². The molecule has 0 saturated carbocycles. The Labute approximate surface area is 192 Å². The SMILES string of the molecule is COc1ccc(CCNCc2cc(Br)cc(OC)c2OCc2ccccc2)cc1OC. The molecule has 5 nitrogen and oxygen atoms in total. The first-order chi connectivity index (χ1) is 15.1. The van der Waals surface area contributed by atoms with Crippen molar-refractivity contribution in [3.63, 3.8) is 0 Å². The third-order valence-electron chi connectivity index (χ3n) is 4.90. The highest BCUT2D eigenvalue weighted by Crippen LogP contribution is 2.35. The minimum absolute atomic E-state index is 0.484. The van der Waals surface area contributed by atoms with Crippen molar-refractivity contribution in [2.75, 3.05) is 27.9 Å². The van der Waals surface area contributed by atoms with Gasteiger partial charge in [-0.25, -0.2) is 0 Å². The van der Waals surface area contributed by atoms with Gasteiger partial charge in [0.15, 0.2) is 23.0 Å². The van der Waals surface area contributed by atoms with Gasteiger partial charge in [-0.15, -0.1) is 0 Å². The highest BCUT2D eigenvalue weighted by Gasteiger charge is 2.13. The molecule has 0 radical (unpaired) electrons. The van der Waals surface area contributed by atoms with E-state index in [0.717, 1.165) is 45.8 Å². The molecular weight excluding hydrogens is 458 g/mol. The first-order valence-electron chi connectivity index (χ1n) is 10.1. The predicted molar refractivity (Wildman–Crippen MR) is 126 cm³/mol. The summed E-state index contributed by atoms with van der Waals surface area (Å²) in [6, 6.07) is 20.1. The molecule has 164 valence electrons. The molecule has 31 heavy (non-hydrogen) atoms. The quantitative estimate of drug-likeness (QED) is 0.369. The van der Waals surface area contributed by atoms with Crippen molar-refractivity contribution in [1.29, 1.82) is 0 Å². The molecule has 0 spiro atoms. The second kappa shape index (κ2) is 11.6. The lowest BCUT2D eigenvalue weighted by atomic mass is 10.1. The van der Waals surface area contributed by atoms with E-state index in [1.807, 2.05) is 48.5 Å². The van der Waals surface area contributed by atoms with Crippen LogP contribution in [-0.4, -0.2) is 27.9 Å². The minimum atomic E-state index is 0.484. The van der Waals surface area contributed by atoms with E-state index in [-0.39, 0.29) is 0 Å². The lowest BCUT2D eigenvalue weighted by Gasteiger charge is -2.17. The topological polar surface area (TPSA) is 49.0 Å². The lowest BCUT2D eigenvalue weighted by molar-refractivity contribution is 0.280. The van der Waals surface area contributed by atoms with Crippen LogP contribution in [0, 0.1) is 0 Å². The van der Waals surface area contributed by atoms with Crippen LogP contribution in [0.15, 0.2) is 65.1 Å². The molecule has 0 aliphatic rings. The molecule has 0 bridgehead atoms. The summed E-state index contributed by atoms with van der Waals surface area (Å²) >= 11 is 3.57. The van der Waals surface area contributed by atoms with E-state index < -0.39 is 0 Å². The van der Waals surface area contributed by atoms with E-state index in [4.69, 9.17) is 18.9 Å². The Morgan fingerprint density at radius 1 is 0.774 bits per heavy atom. The normalized spacial score (nSPS) is 10.6. The monoisotopic (exact) mass is 485 g/mol. The fraction of sp³-hybridized carbons (Fsp3) is 0.280. The second-order valence-corrected chi connectivity index (χ2v) is 7.90. The molecule has 0 amide bonds. The summed E-state index contributed by atoms with van der Waals surface area (Å²) in [4.78, 5) is 0. The van der Waals surface area contributed by atoms with E-state index in [0.29, 0.717) is 18.9 Å². The van der Waals surface area contributed by atoms with Crippen molar-refractivity contribution >= 4 is 15.9 Å².